The minimum absolute atomic E-state index is 0.0843. The van der Waals surface area contributed by atoms with E-state index < -0.39 is 17.8 Å². The number of Topliss-reactive ketones (excluding diaryl/α,β-unsaturated/α-hetero) is 1. The molecule has 4 aromatic rings. The number of rotatable bonds is 5. The van der Waals surface area contributed by atoms with Crippen molar-refractivity contribution < 1.29 is 18.0 Å². The average Bonchev–Trinajstić information content (AvgIpc) is 3.11. The molecule has 3 heterocycles. The molecule has 9 heteroatoms. The highest BCUT2D eigenvalue weighted by atomic mass is 19.3. The number of pyridine rings is 1. The molecule has 28 heavy (non-hydrogen) atoms. The second-order valence-corrected chi connectivity index (χ2v) is 5.98. The zero-order valence-electron chi connectivity index (χ0n) is 14.3. The number of carbonyl (C=O) groups excluding carboxylic acids is 1. The maximum Gasteiger partial charge on any atom is 0.266 e. The van der Waals surface area contributed by atoms with Gasteiger partial charge in [-0.25, -0.2) is 18.2 Å². The number of ketones is 1. The number of benzene rings is 1. The third-order valence-electron chi connectivity index (χ3n) is 4.20. The van der Waals surface area contributed by atoms with Gasteiger partial charge in [-0.15, -0.1) is 0 Å². The van der Waals surface area contributed by atoms with Crippen molar-refractivity contribution >= 4 is 16.8 Å². The number of nitrogens with zero attached hydrogens (tertiary/aromatic N) is 5. The summed E-state index contributed by atoms with van der Waals surface area (Å²) >= 11 is 0. The molecular formula is C19H12F3N5O. The summed E-state index contributed by atoms with van der Waals surface area (Å²) in [5.74, 6) is -1.25. The van der Waals surface area contributed by atoms with Crippen molar-refractivity contribution in [3.8, 4) is 11.1 Å². The molecule has 0 aliphatic heterocycles. The van der Waals surface area contributed by atoms with Gasteiger partial charge in [0.05, 0.1) is 23.5 Å². The van der Waals surface area contributed by atoms with Crippen LogP contribution in [0, 0.1) is 5.82 Å². The Morgan fingerprint density at radius 3 is 2.64 bits per heavy atom. The average molecular weight is 383 g/mol. The third-order valence-corrected chi connectivity index (χ3v) is 4.20. The molecule has 1 aromatic carbocycles. The monoisotopic (exact) mass is 383 g/mol. The number of hydrogen-bond donors (Lipinski definition) is 0. The maximum absolute atomic E-state index is 13.6. The van der Waals surface area contributed by atoms with E-state index in [0.717, 1.165) is 12.1 Å². The minimum Gasteiger partial charge on any atom is -0.290 e. The van der Waals surface area contributed by atoms with Crippen LogP contribution in [0.5, 0.6) is 0 Å². The molecule has 0 fully saturated rings. The van der Waals surface area contributed by atoms with Crippen LogP contribution in [0.25, 0.3) is 22.2 Å². The van der Waals surface area contributed by atoms with E-state index in [1.165, 1.54) is 41.7 Å². The molecule has 0 unspecified atom stereocenters. The summed E-state index contributed by atoms with van der Waals surface area (Å²) in [6.07, 6.45) is 4.31. The Labute approximate surface area is 156 Å². The van der Waals surface area contributed by atoms with E-state index in [1.807, 2.05) is 0 Å². The van der Waals surface area contributed by atoms with Crippen molar-refractivity contribution in [2.45, 2.75) is 13.0 Å². The van der Waals surface area contributed by atoms with Crippen LogP contribution < -0.4 is 0 Å². The minimum atomic E-state index is -2.92. The molecular weight excluding hydrogens is 371 g/mol. The summed E-state index contributed by atoms with van der Waals surface area (Å²) in [7, 11) is 0. The van der Waals surface area contributed by atoms with E-state index in [-0.39, 0.29) is 18.0 Å². The smallest absolute Gasteiger partial charge is 0.266 e. The highest BCUT2D eigenvalue weighted by molar-refractivity contribution is 5.94. The number of hydrogen-bond acceptors (Lipinski definition) is 5. The first kappa shape index (κ1) is 17.8. The van der Waals surface area contributed by atoms with Gasteiger partial charge in [0.2, 0.25) is 5.78 Å². The molecule has 0 amide bonds. The molecule has 0 saturated heterocycles. The van der Waals surface area contributed by atoms with Crippen LogP contribution in [0.15, 0.2) is 55.2 Å². The molecule has 0 N–H and O–H groups in total. The van der Waals surface area contributed by atoms with E-state index in [9.17, 15) is 18.0 Å². The highest BCUT2D eigenvalue weighted by Gasteiger charge is 2.16. The summed E-state index contributed by atoms with van der Waals surface area (Å²) < 4.78 is 40.9. The van der Waals surface area contributed by atoms with Crippen molar-refractivity contribution in [2.75, 3.05) is 0 Å². The van der Waals surface area contributed by atoms with E-state index in [4.69, 9.17) is 0 Å². The fourth-order valence-electron chi connectivity index (χ4n) is 2.79. The largest absolute Gasteiger partial charge is 0.290 e. The number of aromatic nitrogens is 5. The fourth-order valence-corrected chi connectivity index (χ4v) is 2.79. The number of alkyl halides is 2. The Bertz CT molecular complexity index is 1160. The van der Waals surface area contributed by atoms with Crippen LogP contribution in [0.3, 0.4) is 0 Å². The Kier molecular flexibility index (Phi) is 4.56. The predicted octanol–water partition coefficient (Wildman–Crippen LogP) is 3.85. The van der Waals surface area contributed by atoms with Crippen LogP contribution in [-0.2, 0) is 6.54 Å². The normalized spacial score (nSPS) is 11.3. The molecule has 0 radical (unpaired) electrons. The first-order chi connectivity index (χ1) is 13.5. The van der Waals surface area contributed by atoms with E-state index in [0.29, 0.717) is 22.2 Å². The SMILES string of the molecule is O=C(Cn1ncc2ncc(-c3ccc(F)c(C(F)F)c3)cc21)c1cnccn1. The first-order valence-corrected chi connectivity index (χ1v) is 8.21. The van der Waals surface area contributed by atoms with E-state index >= 15 is 0 Å². The second kappa shape index (κ2) is 7.18. The highest BCUT2D eigenvalue weighted by Crippen LogP contribution is 2.29. The molecule has 0 atom stereocenters. The lowest BCUT2D eigenvalue weighted by atomic mass is 10.0. The van der Waals surface area contributed by atoms with Crippen LogP contribution in [0.2, 0.25) is 0 Å². The van der Waals surface area contributed by atoms with Crippen LogP contribution in [-0.4, -0.2) is 30.5 Å². The van der Waals surface area contributed by atoms with Crippen molar-refractivity contribution in [3.05, 3.63) is 72.3 Å². The Morgan fingerprint density at radius 2 is 1.89 bits per heavy atom. The van der Waals surface area contributed by atoms with Gasteiger partial charge in [0.25, 0.3) is 6.43 Å². The number of fused-ring (bicyclic) bond motifs is 1. The van der Waals surface area contributed by atoms with Gasteiger partial charge < -0.3 is 0 Å². The van der Waals surface area contributed by atoms with Crippen LogP contribution in [0.1, 0.15) is 22.5 Å². The summed E-state index contributed by atoms with van der Waals surface area (Å²) in [6.45, 7) is -0.0843. The van der Waals surface area contributed by atoms with Crippen LogP contribution in [0.4, 0.5) is 13.2 Å². The number of carbonyl (C=O) groups is 1. The van der Waals surface area contributed by atoms with Gasteiger partial charge in [0, 0.05) is 24.2 Å². The van der Waals surface area contributed by atoms with Gasteiger partial charge in [-0.2, -0.15) is 5.10 Å². The lowest BCUT2D eigenvalue weighted by molar-refractivity contribution is 0.0964. The summed E-state index contributed by atoms with van der Waals surface area (Å²) in [5.41, 5.74) is 1.49. The molecule has 0 spiro atoms. The summed E-state index contributed by atoms with van der Waals surface area (Å²) in [4.78, 5) is 24.4. The second-order valence-electron chi connectivity index (χ2n) is 5.98. The fraction of sp³-hybridized carbons (Fsp3) is 0.105. The molecule has 4 rings (SSSR count). The topological polar surface area (TPSA) is 73.6 Å². The van der Waals surface area contributed by atoms with Crippen molar-refractivity contribution in [3.63, 3.8) is 0 Å². The van der Waals surface area contributed by atoms with Gasteiger partial charge in [-0.05, 0) is 23.8 Å². The van der Waals surface area contributed by atoms with E-state index in [1.54, 1.807) is 6.07 Å². The zero-order valence-corrected chi connectivity index (χ0v) is 14.3. The van der Waals surface area contributed by atoms with Crippen LogP contribution >= 0.6 is 0 Å². The lowest BCUT2D eigenvalue weighted by Gasteiger charge is -2.07. The predicted molar refractivity (Wildman–Crippen MR) is 94.2 cm³/mol. The Morgan fingerprint density at radius 1 is 1.04 bits per heavy atom. The summed E-state index contributed by atoms with van der Waals surface area (Å²) in [5, 5.41) is 4.16. The first-order valence-electron chi connectivity index (χ1n) is 8.21. The van der Waals surface area contributed by atoms with Crippen molar-refractivity contribution in [1.82, 2.24) is 24.7 Å². The molecule has 140 valence electrons. The van der Waals surface area contributed by atoms with Gasteiger partial charge >= 0.3 is 0 Å². The van der Waals surface area contributed by atoms with Crippen molar-refractivity contribution in [1.29, 1.82) is 0 Å². The van der Waals surface area contributed by atoms with Gasteiger partial charge in [-0.3, -0.25) is 19.4 Å². The zero-order chi connectivity index (χ0) is 19.7. The van der Waals surface area contributed by atoms with E-state index in [2.05, 4.69) is 20.1 Å². The number of halogens is 3. The Balaban J connectivity index is 1.71. The molecule has 0 aliphatic carbocycles. The standard InChI is InChI=1S/C19H12F3N5O/c20-14-2-1-11(5-13(14)19(21)22)12-6-17-15(25-7-12)9-26-27(17)10-18(28)16-8-23-3-4-24-16/h1-9,19H,10H2. The van der Waals surface area contributed by atoms with Crippen molar-refractivity contribution in [2.24, 2.45) is 0 Å². The molecule has 6 nitrogen and oxygen atoms in total. The third kappa shape index (κ3) is 3.34. The quantitative estimate of drug-likeness (QED) is 0.490. The van der Waals surface area contributed by atoms with Gasteiger partial charge in [0.1, 0.15) is 23.6 Å². The molecule has 0 bridgehead atoms. The summed E-state index contributed by atoms with van der Waals surface area (Å²) in [6, 6.07) is 5.15. The molecule has 0 saturated carbocycles. The molecule has 0 aliphatic rings. The maximum atomic E-state index is 13.6. The Hall–Kier alpha value is -3.62. The van der Waals surface area contributed by atoms with Gasteiger partial charge in [-0.1, -0.05) is 6.07 Å². The lowest BCUT2D eigenvalue weighted by Crippen LogP contribution is -2.13. The molecule has 3 aromatic heterocycles. The van der Waals surface area contributed by atoms with Gasteiger partial charge in [0.15, 0.2) is 0 Å².